The molecule has 1 heterocycles. The zero-order chi connectivity index (χ0) is 23.3. The van der Waals surface area contributed by atoms with Crippen molar-refractivity contribution in [3.63, 3.8) is 0 Å². The van der Waals surface area contributed by atoms with Crippen molar-refractivity contribution in [2.45, 2.75) is 44.4 Å². The predicted molar refractivity (Wildman–Crippen MR) is 115 cm³/mol. The van der Waals surface area contributed by atoms with Crippen LogP contribution in [0, 0.1) is 5.92 Å². The van der Waals surface area contributed by atoms with Crippen molar-refractivity contribution in [3.05, 3.63) is 29.8 Å². The summed E-state index contributed by atoms with van der Waals surface area (Å²) in [6, 6.07) is 4.22. The minimum Gasteiger partial charge on any atom is -0.491 e. The molecule has 4 amide bonds. The van der Waals surface area contributed by atoms with Crippen molar-refractivity contribution in [2.24, 2.45) is 5.92 Å². The van der Waals surface area contributed by atoms with Crippen LogP contribution in [0.2, 0.25) is 0 Å². The first-order valence-electron chi connectivity index (χ1n) is 10.8. The predicted octanol–water partition coefficient (Wildman–Crippen LogP) is -0.582. The summed E-state index contributed by atoms with van der Waals surface area (Å²) in [6.07, 6.45) is 0.536. The molecule has 0 unspecified atom stereocenters. The number of amides is 4. The normalized spacial score (nSPS) is 23.7. The summed E-state index contributed by atoms with van der Waals surface area (Å²) in [5.74, 6) is -1.43. The van der Waals surface area contributed by atoms with E-state index in [1.54, 1.807) is 24.3 Å². The van der Waals surface area contributed by atoms with Crippen LogP contribution < -0.4 is 20.7 Å². The Labute approximate surface area is 186 Å². The molecule has 4 N–H and O–H groups in total. The topological polar surface area (TPSA) is 137 Å². The lowest BCUT2D eigenvalue weighted by Gasteiger charge is -2.28. The number of carbonyl (C=O) groups excluding carboxylic acids is 4. The summed E-state index contributed by atoms with van der Waals surface area (Å²) in [4.78, 5) is 52.4. The van der Waals surface area contributed by atoms with Crippen LogP contribution in [0.25, 0.3) is 0 Å². The fourth-order valence-electron chi connectivity index (χ4n) is 3.36. The number of nitrogens with zero attached hydrogens (tertiary/aromatic N) is 1. The highest BCUT2D eigenvalue weighted by Gasteiger charge is 2.32. The number of fused-ring (bicyclic) bond motifs is 1. The van der Waals surface area contributed by atoms with Crippen LogP contribution in [0.4, 0.5) is 0 Å². The summed E-state index contributed by atoms with van der Waals surface area (Å²) < 4.78 is 5.72. The van der Waals surface area contributed by atoms with E-state index < -0.39 is 41.8 Å². The highest BCUT2D eigenvalue weighted by atomic mass is 16.5. The highest BCUT2D eigenvalue weighted by molar-refractivity contribution is 6.01. The van der Waals surface area contributed by atoms with E-state index in [1.165, 1.54) is 18.9 Å². The summed E-state index contributed by atoms with van der Waals surface area (Å²) in [5, 5.41) is 17.9. The van der Waals surface area contributed by atoms with Gasteiger partial charge in [0.15, 0.2) is 0 Å². The van der Waals surface area contributed by atoms with E-state index in [1.807, 2.05) is 0 Å². The number of nitrogens with one attached hydrogen (secondary N) is 3. The lowest BCUT2D eigenvalue weighted by molar-refractivity contribution is -0.139. The Bertz CT molecular complexity index is 870. The van der Waals surface area contributed by atoms with E-state index in [0.717, 1.165) is 12.8 Å². The fraction of sp³-hybridized carbons (Fsp3) is 0.545. The molecule has 174 valence electrons. The monoisotopic (exact) mass is 446 g/mol. The molecule has 1 aromatic rings. The quantitative estimate of drug-likeness (QED) is 0.488. The van der Waals surface area contributed by atoms with Crippen LogP contribution in [0.3, 0.4) is 0 Å². The van der Waals surface area contributed by atoms with E-state index in [0.29, 0.717) is 18.2 Å². The molecule has 1 fully saturated rings. The molecule has 0 spiro atoms. The third-order valence-corrected chi connectivity index (χ3v) is 5.53. The molecular weight excluding hydrogens is 416 g/mol. The lowest BCUT2D eigenvalue weighted by atomic mass is 10.1. The van der Waals surface area contributed by atoms with Crippen molar-refractivity contribution in [3.8, 4) is 5.75 Å². The average molecular weight is 447 g/mol. The molecule has 0 bridgehead atoms. The number of hydrogen-bond donors (Lipinski definition) is 4. The molecule has 32 heavy (non-hydrogen) atoms. The van der Waals surface area contributed by atoms with E-state index in [2.05, 4.69) is 16.0 Å². The molecule has 3 rings (SSSR count). The highest BCUT2D eigenvalue weighted by Crippen LogP contribution is 2.27. The molecule has 1 saturated carbocycles. The Morgan fingerprint density at radius 3 is 2.66 bits per heavy atom. The molecule has 10 nitrogen and oxygen atoms in total. The van der Waals surface area contributed by atoms with Gasteiger partial charge in [-0.2, -0.15) is 0 Å². The van der Waals surface area contributed by atoms with Gasteiger partial charge in [-0.15, -0.1) is 0 Å². The molecule has 1 aliphatic carbocycles. The van der Waals surface area contributed by atoms with E-state index in [9.17, 15) is 24.3 Å². The second-order valence-electron chi connectivity index (χ2n) is 8.31. The van der Waals surface area contributed by atoms with Crippen molar-refractivity contribution in [1.29, 1.82) is 0 Å². The molecule has 2 aliphatic rings. The fourth-order valence-corrected chi connectivity index (χ4v) is 3.36. The van der Waals surface area contributed by atoms with Crippen LogP contribution in [0.1, 0.15) is 36.5 Å². The Kier molecular flexibility index (Phi) is 7.68. The van der Waals surface area contributed by atoms with Crippen LogP contribution >= 0.6 is 0 Å². The zero-order valence-corrected chi connectivity index (χ0v) is 18.3. The number of rotatable bonds is 4. The Hall–Kier alpha value is -3.14. The number of para-hydroxylation sites is 1. The van der Waals surface area contributed by atoms with Gasteiger partial charge < -0.3 is 30.7 Å². The van der Waals surface area contributed by atoms with Crippen LogP contribution in [0.15, 0.2) is 24.3 Å². The summed E-state index contributed by atoms with van der Waals surface area (Å²) in [5.41, 5.74) is 0.223. The SMILES string of the molecule is C[C@@H](O)[C@@H]1NC(=O)C[C@@H](C(=O)NCC2CC2)NC(=O)c2ccccc2OCCN(C)C1=O. The van der Waals surface area contributed by atoms with Gasteiger partial charge in [0, 0.05) is 13.6 Å². The van der Waals surface area contributed by atoms with E-state index in [-0.39, 0.29) is 25.1 Å². The maximum Gasteiger partial charge on any atom is 0.255 e. The van der Waals surface area contributed by atoms with Gasteiger partial charge in [0.25, 0.3) is 5.91 Å². The van der Waals surface area contributed by atoms with Gasteiger partial charge in [-0.1, -0.05) is 12.1 Å². The molecule has 1 aromatic carbocycles. The summed E-state index contributed by atoms with van der Waals surface area (Å²) in [7, 11) is 1.53. The van der Waals surface area contributed by atoms with Gasteiger partial charge in [0.05, 0.1) is 24.6 Å². The Morgan fingerprint density at radius 2 is 1.97 bits per heavy atom. The molecule has 10 heteroatoms. The first kappa shape index (κ1) is 23.5. The smallest absolute Gasteiger partial charge is 0.255 e. The second-order valence-corrected chi connectivity index (χ2v) is 8.31. The Morgan fingerprint density at radius 1 is 1.25 bits per heavy atom. The van der Waals surface area contributed by atoms with Gasteiger partial charge >= 0.3 is 0 Å². The molecule has 3 atom stereocenters. The van der Waals surface area contributed by atoms with Gasteiger partial charge in [0.1, 0.15) is 24.4 Å². The number of ether oxygens (including phenoxy) is 1. The number of likely N-dealkylation sites (N-methyl/N-ethyl adjacent to an activating group) is 1. The van der Waals surface area contributed by atoms with Gasteiger partial charge in [-0.25, -0.2) is 0 Å². The third-order valence-electron chi connectivity index (χ3n) is 5.53. The standard InChI is InChI=1S/C22H30N4O6/c1-13(27)19-22(31)26(2)9-10-32-17-6-4-3-5-15(17)20(29)24-16(11-18(28)25-19)21(30)23-12-14-7-8-14/h3-6,13-14,16,19,27H,7-12H2,1-2H3,(H,23,30)(H,24,29)(H,25,28)/t13-,16+,19+/m1/s1. The second kappa shape index (κ2) is 10.4. The third kappa shape index (κ3) is 6.19. The number of benzene rings is 1. The first-order chi connectivity index (χ1) is 15.3. The van der Waals surface area contributed by atoms with Gasteiger partial charge in [0.2, 0.25) is 17.7 Å². The minimum absolute atomic E-state index is 0.0955. The van der Waals surface area contributed by atoms with Crippen molar-refractivity contribution >= 4 is 23.6 Å². The lowest BCUT2D eigenvalue weighted by Crippen LogP contribution is -2.55. The molecule has 1 aliphatic heterocycles. The average Bonchev–Trinajstić information content (AvgIpc) is 3.58. The first-order valence-corrected chi connectivity index (χ1v) is 10.8. The Balaban J connectivity index is 1.86. The maximum atomic E-state index is 12.9. The number of aliphatic hydroxyl groups is 1. The van der Waals surface area contributed by atoms with Crippen molar-refractivity contribution < 1.29 is 29.0 Å². The number of aliphatic hydroxyl groups excluding tert-OH is 1. The molecule has 0 saturated heterocycles. The number of hydrogen-bond acceptors (Lipinski definition) is 6. The molecule has 0 radical (unpaired) electrons. The largest absolute Gasteiger partial charge is 0.491 e. The maximum absolute atomic E-state index is 12.9. The van der Waals surface area contributed by atoms with Gasteiger partial charge in [-0.05, 0) is 37.8 Å². The molecular formula is C22H30N4O6. The van der Waals surface area contributed by atoms with Crippen molar-refractivity contribution in [1.82, 2.24) is 20.9 Å². The van der Waals surface area contributed by atoms with Crippen LogP contribution in [-0.2, 0) is 14.4 Å². The van der Waals surface area contributed by atoms with Crippen molar-refractivity contribution in [2.75, 3.05) is 26.7 Å². The van der Waals surface area contributed by atoms with Crippen LogP contribution in [0.5, 0.6) is 5.75 Å². The van der Waals surface area contributed by atoms with Gasteiger partial charge in [-0.3, -0.25) is 19.2 Å². The summed E-state index contributed by atoms with van der Waals surface area (Å²) in [6.45, 7) is 2.15. The van der Waals surface area contributed by atoms with E-state index in [4.69, 9.17) is 4.74 Å². The van der Waals surface area contributed by atoms with Crippen LogP contribution in [-0.4, -0.2) is 78.6 Å². The summed E-state index contributed by atoms with van der Waals surface area (Å²) >= 11 is 0. The molecule has 0 aromatic heterocycles. The zero-order valence-electron chi connectivity index (χ0n) is 18.3. The number of carbonyl (C=O) groups is 4. The van der Waals surface area contributed by atoms with E-state index >= 15 is 0 Å². The minimum atomic E-state index is -1.19.